The summed E-state index contributed by atoms with van der Waals surface area (Å²) in [5.74, 6) is 0.542. The van der Waals surface area contributed by atoms with E-state index in [1.807, 2.05) is 0 Å². The lowest BCUT2D eigenvalue weighted by molar-refractivity contribution is 0.476. The van der Waals surface area contributed by atoms with E-state index in [4.69, 9.17) is 22.7 Å². The zero-order valence-corrected chi connectivity index (χ0v) is 11.5. The minimum Gasteiger partial charge on any atom is -0.455 e. The molecule has 0 amide bonds. The highest BCUT2D eigenvalue weighted by molar-refractivity contribution is 9.10. The van der Waals surface area contributed by atoms with E-state index in [-0.39, 0.29) is 10.8 Å². The summed E-state index contributed by atoms with van der Waals surface area (Å²) in [5, 5.41) is 0. The number of thiocarbonyl (C=S) groups is 1. The van der Waals surface area contributed by atoms with Crippen molar-refractivity contribution >= 4 is 33.1 Å². The van der Waals surface area contributed by atoms with Crippen LogP contribution in [-0.2, 0) is 0 Å². The Kier molecular flexibility index (Phi) is 3.88. The molecule has 0 unspecified atom stereocenters. The first-order valence-corrected chi connectivity index (χ1v) is 6.16. The van der Waals surface area contributed by atoms with Gasteiger partial charge < -0.3 is 10.5 Å². The van der Waals surface area contributed by atoms with Crippen LogP contribution >= 0.6 is 28.1 Å². The molecule has 2 N–H and O–H groups in total. The molecule has 0 saturated carbocycles. The van der Waals surface area contributed by atoms with Gasteiger partial charge in [0.2, 0.25) is 0 Å². The molecular weight excluding hydrogens is 319 g/mol. The lowest BCUT2D eigenvalue weighted by Crippen LogP contribution is -2.12. The van der Waals surface area contributed by atoms with Crippen molar-refractivity contribution in [3.8, 4) is 11.5 Å². The molecule has 18 heavy (non-hydrogen) atoms. The molecule has 0 aliphatic heterocycles. The maximum atomic E-state index is 13.1. The molecule has 0 radical (unpaired) electrons. The Morgan fingerprint density at radius 1 is 1.39 bits per heavy atom. The van der Waals surface area contributed by atoms with Crippen molar-refractivity contribution in [2.45, 2.75) is 0 Å². The van der Waals surface area contributed by atoms with Crippen molar-refractivity contribution in [3.05, 3.63) is 52.5 Å². The third kappa shape index (κ3) is 2.83. The maximum absolute atomic E-state index is 13.1. The van der Waals surface area contributed by atoms with Crippen LogP contribution in [0.25, 0.3) is 0 Å². The van der Waals surface area contributed by atoms with Crippen LogP contribution in [0.5, 0.6) is 11.5 Å². The number of nitrogens with zero attached hydrogens (tertiary/aromatic N) is 1. The summed E-state index contributed by atoms with van der Waals surface area (Å²) in [5.41, 5.74) is 5.94. The standard InChI is InChI=1S/C12H8BrFN2OS/c13-8-6-7(3-4-9(8)14)17-10-2-1-5-16-11(10)12(15)18/h1-6H,(H2,15,18). The molecule has 1 heterocycles. The van der Waals surface area contributed by atoms with E-state index < -0.39 is 0 Å². The predicted octanol–water partition coefficient (Wildman–Crippen LogP) is 3.41. The van der Waals surface area contributed by atoms with Gasteiger partial charge in [0.15, 0.2) is 5.75 Å². The zero-order chi connectivity index (χ0) is 13.1. The Bertz CT molecular complexity index is 606. The number of pyridine rings is 1. The summed E-state index contributed by atoms with van der Waals surface area (Å²) >= 11 is 7.96. The maximum Gasteiger partial charge on any atom is 0.156 e. The SMILES string of the molecule is NC(=S)c1ncccc1Oc1ccc(F)c(Br)c1. The van der Waals surface area contributed by atoms with Crippen molar-refractivity contribution in [2.75, 3.05) is 0 Å². The molecule has 0 spiro atoms. The molecule has 92 valence electrons. The molecule has 0 saturated heterocycles. The molecule has 2 rings (SSSR count). The van der Waals surface area contributed by atoms with Gasteiger partial charge in [0, 0.05) is 6.20 Å². The molecule has 0 aliphatic carbocycles. The first kappa shape index (κ1) is 12.9. The Balaban J connectivity index is 2.34. The van der Waals surface area contributed by atoms with Crippen LogP contribution in [0.15, 0.2) is 41.0 Å². The van der Waals surface area contributed by atoms with Crippen LogP contribution in [0.4, 0.5) is 4.39 Å². The number of rotatable bonds is 3. The van der Waals surface area contributed by atoms with Gasteiger partial charge in [-0.1, -0.05) is 12.2 Å². The van der Waals surface area contributed by atoms with Crippen molar-refractivity contribution < 1.29 is 9.13 Å². The lowest BCUT2D eigenvalue weighted by Gasteiger charge is -2.09. The summed E-state index contributed by atoms with van der Waals surface area (Å²) < 4.78 is 19.0. The minimum absolute atomic E-state index is 0.145. The van der Waals surface area contributed by atoms with Crippen molar-refractivity contribution in [1.82, 2.24) is 4.98 Å². The van der Waals surface area contributed by atoms with Gasteiger partial charge in [0.1, 0.15) is 22.2 Å². The molecule has 3 nitrogen and oxygen atoms in total. The average molecular weight is 327 g/mol. The number of ether oxygens (including phenoxy) is 1. The lowest BCUT2D eigenvalue weighted by atomic mass is 10.3. The van der Waals surface area contributed by atoms with Gasteiger partial charge in [-0.05, 0) is 46.3 Å². The van der Waals surface area contributed by atoms with E-state index in [2.05, 4.69) is 20.9 Å². The number of nitrogens with two attached hydrogens (primary N) is 1. The fourth-order valence-corrected chi connectivity index (χ4v) is 1.84. The Hall–Kier alpha value is -1.53. The van der Waals surface area contributed by atoms with Gasteiger partial charge in [-0.15, -0.1) is 0 Å². The van der Waals surface area contributed by atoms with Gasteiger partial charge >= 0.3 is 0 Å². The number of halogens is 2. The summed E-state index contributed by atoms with van der Waals surface area (Å²) in [6.45, 7) is 0. The monoisotopic (exact) mass is 326 g/mol. The molecule has 0 atom stereocenters. The molecule has 6 heteroatoms. The third-order valence-corrected chi connectivity index (χ3v) is 2.92. The Morgan fingerprint density at radius 3 is 2.83 bits per heavy atom. The molecule has 0 aliphatic rings. The van der Waals surface area contributed by atoms with Crippen LogP contribution in [0, 0.1) is 5.82 Å². The molecule has 1 aromatic heterocycles. The van der Waals surface area contributed by atoms with Gasteiger partial charge in [-0.3, -0.25) is 0 Å². The van der Waals surface area contributed by atoms with Crippen LogP contribution in [0.2, 0.25) is 0 Å². The molecule has 0 bridgehead atoms. The summed E-state index contributed by atoms with van der Waals surface area (Å²) in [6, 6.07) is 7.73. The quantitative estimate of drug-likeness (QED) is 0.878. The number of aromatic nitrogens is 1. The predicted molar refractivity (Wildman–Crippen MR) is 74.3 cm³/mol. The van der Waals surface area contributed by atoms with E-state index in [1.165, 1.54) is 18.2 Å². The largest absolute Gasteiger partial charge is 0.455 e. The molecule has 2 aromatic rings. The summed E-state index contributed by atoms with van der Waals surface area (Å²) in [7, 11) is 0. The number of benzene rings is 1. The topological polar surface area (TPSA) is 48.1 Å². The van der Waals surface area contributed by atoms with E-state index in [1.54, 1.807) is 18.3 Å². The van der Waals surface area contributed by atoms with Crippen LogP contribution < -0.4 is 10.5 Å². The Labute approximate surface area is 117 Å². The first-order chi connectivity index (χ1) is 8.58. The van der Waals surface area contributed by atoms with Crippen molar-refractivity contribution in [1.29, 1.82) is 0 Å². The highest BCUT2D eigenvalue weighted by Crippen LogP contribution is 2.27. The molecule has 0 fully saturated rings. The summed E-state index contributed by atoms with van der Waals surface area (Å²) in [4.78, 5) is 4.18. The first-order valence-electron chi connectivity index (χ1n) is 4.95. The second-order valence-electron chi connectivity index (χ2n) is 3.39. The van der Waals surface area contributed by atoms with Crippen molar-refractivity contribution in [2.24, 2.45) is 5.73 Å². The average Bonchev–Trinajstić information content (AvgIpc) is 2.34. The van der Waals surface area contributed by atoms with Crippen LogP contribution in [0.3, 0.4) is 0 Å². The van der Waals surface area contributed by atoms with E-state index in [9.17, 15) is 4.39 Å². The second kappa shape index (κ2) is 5.41. The smallest absolute Gasteiger partial charge is 0.156 e. The van der Waals surface area contributed by atoms with Crippen LogP contribution in [0.1, 0.15) is 5.69 Å². The normalized spacial score (nSPS) is 10.1. The van der Waals surface area contributed by atoms with Crippen molar-refractivity contribution in [3.63, 3.8) is 0 Å². The van der Waals surface area contributed by atoms with E-state index >= 15 is 0 Å². The fourth-order valence-electron chi connectivity index (χ4n) is 1.33. The third-order valence-electron chi connectivity index (χ3n) is 2.12. The molecule has 1 aromatic carbocycles. The van der Waals surface area contributed by atoms with Gasteiger partial charge in [0.05, 0.1) is 4.47 Å². The Morgan fingerprint density at radius 2 is 2.17 bits per heavy atom. The highest BCUT2D eigenvalue weighted by Gasteiger charge is 2.09. The van der Waals surface area contributed by atoms with Gasteiger partial charge in [-0.25, -0.2) is 9.37 Å². The van der Waals surface area contributed by atoms with E-state index in [0.717, 1.165) is 0 Å². The fraction of sp³-hybridized carbons (Fsp3) is 0. The molecular formula is C12H8BrFN2OS. The summed E-state index contributed by atoms with van der Waals surface area (Å²) in [6.07, 6.45) is 1.57. The number of hydrogen-bond donors (Lipinski definition) is 1. The highest BCUT2D eigenvalue weighted by atomic mass is 79.9. The van der Waals surface area contributed by atoms with E-state index in [0.29, 0.717) is 21.7 Å². The zero-order valence-electron chi connectivity index (χ0n) is 9.06. The second-order valence-corrected chi connectivity index (χ2v) is 4.69. The minimum atomic E-state index is -0.358. The number of hydrogen-bond acceptors (Lipinski definition) is 3. The van der Waals surface area contributed by atoms with Crippen LogP contribution in [-0.4, -0.2) is 9.97 Å². The van der Waals surface area contributed by atoms with Gasteiger partial charge in [-0.2, -0.15) is 0 Å². The van der Waals surface area contributed by atoms with Gasteiger partial charge in [0.25, 0.3) is 0 Å².